The van der Waals surface area contributed by atoms with E-state index in [1.54, 1.807) is 0 Å². The van der Waals surface area contributed by atoms with Gasteiger partial charge >= 0.3 is 0 Å². The van der Waals surface area contributed by atoms with Crippen LogP contribution < -0.4 is 26.2 Å². The molecule has 2 aliphatic rings. The Hall–Kier alpha value is -12.4. The van der Waals surface area contributed by atoms with Gasteiger partial charge < -0.3 is 18.9 Å². The molecule has 610 valence electrons. The predicted molar refractivity (Wildman–Crippen MR) is 533 cm³/mol. The molecule has 0 saturated heterocycles. The average Bonchev–Trinajstić information content (AvgIpc) is 1.60. The Bertz CT molecular complexity index is 6760. The second-order valence-corrected chi connectivity index (χ2v) is 42.2. The Morgan fingerprint density at radius 1 is 0.203 bits per heavy atom. The SMILES string of the molecule is CC(C)(C)c1ccc(-c2cccc(-c3ccc(C(C)(C)C)cc3)c2-n2c3ccccc3c3c4c(ccc32)N(c2c(-c3ccccc3)cc(C(C)(C)C)cc2-c2ccccc2)c2cc(C(C)(C)C)cc3c2B4c2ccc(-n4c5ccc(C(C)(C)C)cc5c5cc(C(C)(C)C)ccc54)cc2N3c2c(-c3ccccc3)cc(C(C)(C)C)cc2-c2ccccc2)cc1. The first-order chi connectivity index (χ1) is 58.5. The lowest BCUT2D eigenvalue weighted by molar-refractivity contribution is 0.590. The summed E-state index contributed by atoms with van der Waals surface area (Å²) in [5, 5.41) is 4.92. The summed E-state index contributed by atoms with van der Waals surface area (Å²) in [6.45, 7) is 49.1. The van der Waals surface area contributed by atoms with Crippen molar-refractivity contribution in [2.75, 3.05) is 9.80 Å². The van der Waals surface area contributed by atoms with E-state index in [1.165, 1.54) is 110 Å². The largest absolute Gasteiger partial charge is 0.310 e. The molecule has 0 radical (unpaired) electrons. The molecular weight excluding hydrogens is 1480 g/mol. The van der Waals surface area contributed by atoms with Crippen molar-refractivity contribution < 1.29 is 0 Å². The van der Waals surface area contributed by atoms with Crippen LogP contribution in [-0.2, 0) is 37.9 Å². The summed E-state index contributed by atoms with van der Waals surface area (Å²) in [6.07, 6.45) is 0. The van der Waals surface area contributed by atoms with Gasteiger partial charge in [0.15, 0.2) is 0 Å². The van der Waals surface area contributed by atoms with Gasteiger partial charge in [0, 0.05) is 83.4 Å². The smallest absolute Gasteiger partial charge is 0.253 e. The van der Waals surface area contributed by atoms with Gasteiger partial charge in [-0.1, -0.05) is 370 Å². The molecule has 0 aliphatic carbocycles. The van der Waals surface area contributed by atoms with Gasteiger partial charge in [0.05, 0.1) is 39.1 Å². The fourth-order valence-corrected chi connectivity index (χ4v) is 19.6. The highest BCUT2D eigenvalue weighted by Crippen LogP contribution is 2.57. The Labute approximate surface area is 730 Å². The normalized spacial score (nSPS) is 13.4. The highest BCUT2D eigenvalue weighted by atomic mass is 15.2. The second-order valence-electron chi connectivity index (χ2n) is 42.2. The summed E-state index contributed by atoms with van der Waals surface area (Å²) in [7, 11) is 0. The van der Waals surface area contributed by atoms with Gasteiger partial charge in [-0.3, -0.25) is 0 Å². The van der Waals surface area contributed by atoms with Gasteiger partial charge in [0.25, 0.3) is 6.71 Å². The van der Waals surface area contributed by atoms with Crippen LogP contribution in [0.5, 0.6) is 0 Å². The zero-order chi connectivity index (χ0) is 86.1. The van der Waals surface area contributed by atoms with Crippen LogP contribution in [0.2, 0.25) is 0 Å². The summed E-state index contributed by atoms with van der Waals surface area (Å²) < 4.78 is 5.26. The van der Waals surface area contributed by atoms with Gasteiger partial charge in [0.2, 0.25) is 0 Å². The summed E-state index contributed by atoms with van der Waals surface area (Å²) in [5.41, 5.74) is 39.3. The molecule has 0 bridgehead atoms. The van der Waals surface area contributed by atoms with E-state index in [1.807, 2.05) is 0 Å². The number of para-hydroxylation sites is 2. The van der Waals surface area contributed by atoms with Crippen LogP contribution in [0.1, 0.15) is 184 Å². The van der Waals surface area contributed by atoms with Gasteiger partial charge in [-0.25, -0.2) is 0 Å². The van der Waals surface area contributed by atoms with Crippen molar-refractivity contribution in [2.45, 2.75) is 183 Å². The predicted octanol–water partition coefficient (Wildman–Crippen LogP) is 31.0. The molecule has 5 heteroatoms. The van der Waals surface area contributed by atoms with E-state index in [-0.39, 0.29) is 44.6 Å². The average molecular weight is 1600 g/mol. The molecule has 0 unspecified atom stereocenters. The van der Waals surface area contributed by atoms with Crippen molar-refractivity contribution in [3.63, 3.8) is 0 Å². The maximum absolute atomic E-state index is 2.79. The van der Waals surface area contributed by atoms with Crippen molar-refractivity contribution in [3.8, 4) is 78.1 Å². The van der Waals surface area contributed by atoms with E-state index in [0.717, 1.165) is 101 Å². The first kappa shape index (κ1) is 80.3. The molecular formula is C118H115BN4. The molecule has 0 N–H and O–H groups in total. The van der Waals surface area contributed by atoms with Crippen LogP contribution in [0, 0.1) is 0 Å². The molecule has 0 atom stereocenters. The lowest BCUT2D eigenvalue weighted by Gasteiger charge is -2.47. The summed E-state index contributed by atoms with van der Waals surface area (Å²) in [4.78, 5) is 5.56. The van der Waals surface area contributed by atoms with E-state index in [9.17, 15) is 0 Å². The molecule has 2 aromatic heterocycles. The van der Waals surface area contributed by atoms with Crippen molar-refractivity contribution >= 4 is 101 Å². The van der Waals surface area contributed by atoms with Gasteiger partial charge in [-0.15, -0.1) is 0 Å². The van der Waals surface area contributed by atoms with Crippen LogP contribution in [-0.4, -0.2) is 15.8 Å². The van der Waals surface area contributed by atoms with Crippen LogP contribution >= 0.6 is 0 Å². The maximum Gasteiger partial charge on any atom is 0.253 e. The van der Waals surface area contributed by atoms with Gasteiger partial charge in [-0.05, 0) is 218 Å². The molecule has 0 amide bonds. The third-order valence-electron chi connectivity index (χ3n) is 26.6. The van der Waals surface area contributed by atoms with Gasteiger partial charge in [0.1, 0.15) is 0 Å². The zero-order valence-electron chi connectivity index (χ0n) is 75.9. The molecule has 0 fully saturated rings. The standard InChI is InChI=1S/C118H115BN4/c1-112(2,3)80-53-49-78(50-54-80)88-46-36-47-89(79-51-55-81(56-52-79)113(4,5)6)109(88)121-98-48-35-34-45-90(98)106-101(121)63-64-102-108(106)119-97-60-59-87(120-99-61-57-82(114(7,8)9)65-95(99)96-66-83(115(10,11)12)58-62-100(96)120)73-103(97)123(111-93(76-41-30-24-31-42-76)69-85(117(16,17)18)70-94(111)77-43-32-25-33-44-77)105-72-86(118(19,20)21)71-104(107(105)119)122(102)110-91(74-37-26-22-27-38-74)67-84(116(13,14)15)68-92(110)75-39-28-23-29-40-75/h22-73H,1-21H3. The first-order valence-corrected chi connectivity index (χ1v) is 44.5. The van der Waals surface area contributed by atoms with Crippen molar-refractivity contribution in [2.24, 2.45) is 0 Å². The monoisotopic (exact) mass is 1600 g/mol. The minimum Gasteiger partial charge on any atom is -0.310 e. The fourth-order valence-electron chi connectivity index (χ4n) is 19.6. The minimum absolute atomic E-state index is 0.0392. The number of fused-ring (bicyclic) bond motifs is 11. The zero-order valence-corrected chi connectivity index (χ0v) is 75.9. The maximum atomic E-state index is 2.79. The van der Waals surface area contributed by atoms with E-state index in [0.29, 0.717) is 0 Å². The number of anilines is 6. The molecule has 4 heterocycles. The van der Waals surface area contributed by atoms with Gasteiger partial charge in [-0.2, -0.15) is 0 Å². The number of hydrogen-bond acceptors (Lipinski definition) is 2. The first-order valence-electron chi connectivity index (χ1n) is 44.5. The molecule has 0 spiro atoms. The number of rotatable bonds is 10. The quantitative estimate of drug-likeness (QED) is 0.127. The van der Waals surface area contributed by atoms with Crippen molar-refractivity contribution in [3.05, 3.63) is 354 Å². The lowest BCUT2D eigenvalue weighted by atomic mass is 9.32. The highest BCUT2D eigenvalue weighted by Gasteiger charge is 2.48. The number of aromatic nitrogens is 2. The second kappa shape index (κ2) is 29.1. The Balaban J connectivity index is 1.03. The van der Waals surface area contributed by atoms with Crippen molar-refractivity contribution in [1.29, 1.82) is 0 Å². The molecule has 0 saturated carbocycles. The van der Waals surface area contributed by atoms with Crippen LogP contribution in [0.3, 0.4) is 0 Å². The van der Waals surface area contributed by atoms with E-state index < -0.39 is 0 Å². The molecule has 4 nitrogen and oxygen atoms in total. The number of nitrogens with zero attached hydrogens (tertiary/aromatic N) is 4. The Morgan fingerprint density at radius 2 is 0.545 bits per heavy atom. The van der Waals surface area contributed by atoms with Crippen LogP contribution in [0.25, 0.3) is 122 Å². The highest BCUT2D eigenvalue weighted by molar-refractivity contribution is 7.02. The van der Waals surface area contributed by atoms with E-state index in [4.69, 9.17) is 0 Å². The summed E-state index contributed by atoms with van der Waals surface area (Å²) in [6, 6.07) is 123. The molecule has 2 aliphatic heterocycles. The Morgan fingerprint density at radius 3 is 0.943 bits per heavy atom. The fraction of sp³-hybridized carbons (Fsp3) is 0.237. The summed E-state index contributed by atoms with van der Waals surface area (Å²) in [5.74, 6) is 0. The molecule has 19 rings (SSSR count). The summed E-state index contributed by atoms with van der Waals surface area (Å²) >= 11 is 0. The van der Waals surface area contributed by atoms with E-state index >= 15 is 0 Å². The van der Waals surface area contributed by atoms with Crippen LogP contribution in [0.4, 0.5) is 34.1 Å². The molecule has 123 heavy (non-hydrogen) atoms. The van der Waals surface area contributed by atoms with E-state index in [2.05, 4.69) is 480 Å². The minimum atomic E-state index is -0.370. The third kappa shape index (κ3) is 13.8. The number of hydrogen-bond donors (Lipinski definition) is 0. The Kier molecular flexibility index (Phi) is 19.0. The third-order valence-corrected chi connectivity index (χ3v) is 26.6. The molecule has 17 aromatic rings. The lowest BCUT2D eigenvalue weighted by Crippen LogP contribution is -2.61. The van der Waals surface area contributed by atoms with Crippen molar-refractivity contribution in [1.82, 2.24) is 9.13 Å². The topological polar surface area (TPSA) is 16.3 Å². The number of benzene rings is 15. The van der Waals surface area contributed by atoms with Crippen LogP contribution in [0.15, 0.2) is 315 Å². The molecule has 15 aromatic carbocycles.